The average molecular weight is 269 g/mol. The lowest BCUT2D eigenvalue weighted by atomic mass is 10.1. The fraction of sp³-hybridized carbons (Fsp3) is 0.538. The minimum absolute atomic E-state index is 0.271. The second kappa shape index (κ2) is 5.55. The smallest absolute Gasteiger partial charge is 0.0505 e. The largest absolute Gasteiger partial charge is 0.396 e. The molecule has 17 heavy (non-hydrogen) atoms. The Hall–Kier alpha value is -0.320. The summed E-state index contributed by atoms with van der Waals surface area (Å²) in [6, 6.07) is 7.12. The standard InChI is InChI=1S/C13H19NOS2/c1-9-12(6-7-15)17-13-8-10(16-3)4-5-11(13)14(9)2/h4-5,8-9,12,15H,6-7H2,1-3H3. The molecule has 0 amide bonds. The molecular formula is C13H19NOS2. The van der Waals surface area contributed by atoms with E-state index < -0.39 is 0 Å². The number of hydrogen-bond donors (Lipinski definition) is 1. The van der Waals surface area contributed by atoms with E-state index in [-0.39, 0.29) is 6.61 Å². The molecule has 2 unspecified atom stereocenters. The third kappa shape index (κ3) is 2.59. The maximum Gasteiger partial charge on any atom is 0.0505 e. The van der Waals surface area contributed by atoms with E-state index in [0.29, 0.717) is 11.3 Å². The predicted octanol–water partition coefficient (Wildman–Crippen LogP) is 3.09. The van der Waals surface area contributed by atoms with Crippen LogP contribution in [0.1, 0.15) is 13.3 Å². The topological polar surface area (TPSA) is 23.5 Å². The molecule has 1 aliphatic rings. The van der Waals surface area contributed by atoms with Gasteiger partial charge in [0.15, 0.2) is 0 Å². The van der Waals surface area contributed by atoms with Crippen LogP contribution in [-0.2, 0) is 0 Å². The zero-order valence-electron chi connectivity index (χ0n) is 10.5. The van der Waals surface area contributed by atoms with Crippen LogP contribution < -0.4 is 4.90 Å². The van der Waals surface area contributed by atoms with Gasteiger partial charge in [-0.1, -0.05) is 0 Å². The molecule has 2 atom stereocenters. The molecule has 0 fully saturated rings. The zero-order valence-corrected chi connectivity index (χ0v) is 12.1. The van der Waals surface area contributed by atoms with E-state index in [1.54, 1.807) is 11.8 Å². The molecule has 0 bridgehead atoms. The molecular weight excluding hydrogens is 250 g/mol. The first-order valence-corrected chi connectivity index (χ1v) is 7.96. The van der Waals surface area contributed by atoms with Crippen molar-refractivity contribution in [3.05, 3.63) is 18.2 Å². The van der Waals surface area contributed by atoms with Crippen molar-refractivity contribution in [1.29, 1.82) is 0 Å². The van der Waals surface area contributed by atoms with Crippen molar-refractivity contribution in [2.45, 2.75) is 34.4 Å². The monoisotopic (exact) mass is 269 g/mol. The van der Waals surface area contributed by atoms with Gasteiger partial charge in [-0.25, -0.2) is 0 Å². The molecule has 0 aliphatic carbocycles. The highest BCUT2D eigenvalue weighted by Crippen LogP contribution is 2.43. The second-order valence-electron chi connectivity index (χ2n) is 4.35. The Balaban J connectivity index is 2.31. The lowest BCUT2D eigenvalue weighted by Gasteiger charge is -2.39. The van der Waals surface area contributed by atoms with Crippen molar-refractivity contribution in [3.63, 3.8) is 0 Å². The van der Waals surface area contributed by atoms with E-state index in [1.807, 2.05) is 11.8 Å². The molecule has 1 N–H and O–H groups in total. The summed E-state index contributed by atoms with van der Waals surface area (Å²) in [6.07, 6.45) is 2.96. The Morgan fingerprint density at radius 1 is 1.47 bits per heavy atom. The number of fused-ring (bicyclic) bond motifs is 1. The number of aliphatic hydroxyl groups excluding tert-OH is 1. The van der Waals surface area contributed by atoms with E-state index >= 15 is 0 Å². The first kappa shape index (κ1) is 13.1. The fourth-order valence-electron chi connectivity index (χ4n) is 2.16. The summed E-state index contributed by atoms with van der Waals surface area (Å²) in [5.74, 6) is 0. The third-order valence-electron chi connectivity index (χ3n) is 3.39. The third-order valence-corrected chi connectivity index (χ3v) is 5.63. The lowest BCUT2D eigenvalue weighted by Crippen LogP contribution is -2.40. The van der Waals surface area contributed by atoms with Crippen molar-refractivity contribution >= 4 is 29.2 Å². The van der Waals surface area contributed by atoms with Crippen molar-refractivity contribution < 1.29 is 5.11 Å². The van der Waals surface area contributed by atoms with Gasteiger partial charge in [-0.3, -0.25) is 0 Å². The van der Waals surface area contributed by atoms with Gasteiger partial charge in [0.25, 0.3) is 0 Å². The van der Waals surface area contributed by atoms with Crippen LogP contribution in [0.4, 0.5) is 5.69 Å². The van der Waals surface area contributed by atoms with Gasteiger partial charge in [-0.15, -0.1) is 23.5 Å². The summed E-state index contributed by atoms with van der Waals surface area (Å²) in [4.78, 5) is 4.98. The van der Waals surface area contributed by atoms with Crippen molar-refractivity contribution in [3.8, 4) is 0 Å². The highest BCUT2D eigenvalue weighted by molar-refractivity contribution is 8.00. The van der Waals surface area contributed by atoms with Crippen LogP contribution >= 0.6 is 23.5 Å². The number of hydrogen-bond acceptors (Lipinski definition) is 4. The maximum atomic E-state index is 9.14. The van der Waals surface area contributed by atoms with E-state index in [4.69, 9.17) is 5.11 Å². The fourth-order valence-corrected chi connectivity index (χ4v) is 4.14. The molecule has 94 valence electrons. The molecule has 1 aromatic rings. The molecule has 4 heteroatoms. The van der Waals surface area contributed by atoms with Crippen LogP contribution in [0.2, 0.25) is 0 Å². The number of thioether (sulfide) groups is 2. The van der Waals surface area contributed by atoms with Gasteiger partial charge < -0.3 is 10.0 Å². The normalized spacial score (nSPS) is 23.6. The molecule has 0 radical (unpaired) electrons. The van der Waals surface area contributed by atoms with Crippen molar-refractivity contribution in [2.75, 3.05) is 24.8 Å². The predicted molar refractivity (Wildman–Crippen MR) is 77.4 cm³/mol. The number of rotatable bonds is 3. The molecule has 1 aromatic carbocycles. The Bertz CT molecular complexity index is 397. The number of benzene rings is 1. The van der Waals surface area contributed by atoms with Crippen molar-refractivity contribution in [2.24, 2.45) is 0 Å². The average Bonchev–Trinajstić information content (AvgIpc) is 2.35. The first-order valence-electron chi connectivity index (χ1n) is 5.85. The summed E-state index contributed by atoms with van der Waals surface area (Å²) < 4.78 is 0. The number of nitrogens with zero attached hydrogens (tertiary/aromatic N) is 1. The number of anilines is 1. The molecule has 0 aromatic heterocycles. The zero-order chi connectivity index (χ0) is 12.4. The van der Waals surface area contributed by atoms with Crippen LogP contribution in [0.5, 0.6) is 0 Å². The SMILES string of the molecule is CSc1ccc2c(c1)SC(CCO)C(C)N2C. The van der Waals surface area contributed by atoms with Crippen LogP contribution in [0.25, 0.3) is 0 Å². The minimum Gasteiger partial charge on any atom is -0.396 e. The van der Waals surface area contributed by atoms with E-state index in [9.17, 15) is 0 Å². The van der Waals surface area contributed by atoms with Gasteiger partial charge in [0, 0.05) is 34.7 Å². The van der Waals surface area contributed by atoms with Gasteiger partial charge in [0.1, 0.15) is 0 Å². The van der Waals surface area contributed by atoms with Gasteiger partial charge in [-0.2, -0.15) is 0 Å². The Morgan fingerprint density at radius 3 is 2.88 bits per heavy atom. The van der Waals surface area contributed by atoms with Crippen LogP contribution in [-0.4, -0.2) is 36.3 Å². The van der Waals surface area contributed by atoms with Gasteiger partial charge in [0.2, 0.25) is 0 Å². The highest BCUT2D eigenvalue weighted by atomic mass is 32.2. The minimum atomic E-state index is 0.271. The lowest BCUT2D eigenvalue weighted by molar-refractivity contribution is 0.282. The molecule has 2 rings (SSSR count). The number of aliphatic hydroxyl groups is 1. The summed E-state index contributed by atoms with van der Waals surface area (Å²) in [5.41, 5.74) is 1.31. The Labute approximate surface area is 112 Å². The maximum absolute atomic E-state index is 9.14. The summed E-state index contributed by atoms with van der Waals surface area (Å²) in [6.45, 7) is 2.51. The van der Waals surface area contributed by atoms with Crippen LogP contribution in [0.3, 0.4) is 0 Å². The van der Waals surface area contributed by atoms with Gasteiger partial charge >= 0.3 is 0 Å². The van der Waals surface area contributed by atoms with Crippen molar-refractivity contribution in [1.82, 2.24) is 0 Å². The first-order chi connectivity index (χ1) is 8.17. The molecule has 0 saturated carbocycles. The van der Waals surface area contributed by atoms with E-state index in [0.717, 1.165) is 6.42 Å². The highest BCUT2D eigenvalue weighted by Gasteiger charge is 2.29. The second-order valence-corrected chi connectivity index (χ2v) is 6.51. The van der Waals surface area contributed by atoms with Crippen LogP contribution in [0.15, 0.2) is 28.0 Å². The molecule has 1 aliphatic heterocycles. The summed E-state index contributed by atoms with van der Waals surface area (Å²) >= 11 is 3.68. The van der Waals surface area contributed by atoms with E-state index in [1.165, 1.54) is 15.5 Å². The summed E-state index contributed by atoms with van der Waals surface area (Å²) in [7, 11) is 2.15. The Morgan fingerprint density at radius 2 is 2.24 bits per heavy atom. The molecule has 2 nitrogen and oxygen atoms in total. The van der Waals surface area contributed by atoms with Gasteiger partial charge in [0.05, 0.1) is 5.69 Å². The molecule has 1 heterocycles. The quantitative estimate of drug-likeness (QED) is 0.852. The molecule has 0 saturated heterocycles. The molecule has 0 spiro atoms. The summed E-state index contributed by atoms with van der Waals surface area (Å²) in [5, 5.41) is 9.62. The van der Waals surface area contributed by atoms with E-state index in [2.05, 4.69) is 43.3 Å². The Kier molecular flexibility index (Phi) is 4.28. The van der Waals surface area contributed by atoms with Crippen LogP contribution in [0, 0.1) is 0 Å². The van der Waals surface area contributed by atoms with Gasteiger partial charge in [-0.05, 0) is 37.8 Å².